The van der Waals surface area contributed by atoms with E-state index in [9.17, 15) is 4.79 Å². The standard InChI is InChI=1S/C23H27N5O/c1-28(16-22-18-7-3-2-4-9-21(18)26-27-22)23(29)15-19(17-10-13-24-14-11-17)20-8-5-6-12-25-20/h5-6,8,10-14,19H,2-4,7,9,15-16H2,1H3,(H,26,27). The van der Waals surface area contributed by atoms with Crippen LogP contribution in [-0.2, 0) is 24.2 Å². The second kappa shape index (κ2) is 8.99. The third-order valence-electron chi connectivity index (χ3n) is 5.74. The highest BCUT2D eigenvalue weighted by atomic mass is 16.2. The number of carbonyl (C=O) groups is 1. The molecule has 3 aromatic rings. The number of aromatic nitrogens is 4. The number of fused-ring (bicyclic) bond motifs is 1. The summed E-state index contributed by atoms with van der Waals surface area (Å²) >= 11 is 0. The Labute approximate surface area is 171 Å². The molecule has 6 heteroatoms. The van der Waals surface area contributed by atoms with Gasteiger partial charge in [0, 0.05) is 49.4 Å². The average Bonchev–Trinajstić information content (AvgIpc) is 2.98. The quantitative estimate of drug-likeness (QED) is 0.653. The molecule has 1 atom stereocenters. The Morgan fingerprint density at radius 1 is 1.10 bits per heavy atom. The van der Waals surface area contributed by atoms with Gasteiger partial charge in [0.1, 0.15) is 0 Å². The highest BCUT2D eigenvalue weighted by molar-refractivity contribution is 5.77. The molecule has 0 fully saturated rings. The second-order valence-corrected chi connectivity index (χ2v) is 7.73. The van der Waals surface area contributed by atoms with Gasteiger partial charge in [0.2, 0.25) is 5.91 Å². The maximum Gasteiger partial charge on any atom is 0.223 e. The zero-order valence-electron chi connectivity index (χ0n) is 16.8. The van der Waals surface area contributed by atoms with E-state index in [-0.39, 0.29) is 11.8 Å². The van der Waals surface area contributed by atoms with Gasteiger partial charge in [-0.1, -0.05) is 12.5 Å². The lowest BCUT2D eigenvalue weighted by Gasteiger charge is -2.21. The zero-order chi connectivity index (χ0) is 20.1. The van der Waals surface area contributed by atoms with Crippen LogP contribution in [0.1, 0.15) is 59.8 Å². The van der Waals surface area contributed by atoms with Crippen LogP contribution in [-0.4, -0.2) is 38.0 Å². The summed E-state index contributed by atoms with van der Waals surface area (Å²) in [6, 6.07) is 9.75. The van der Waals surface area contributed by atoms with Crippen molar-refractivity contribution >= 4 is 5.91 Å². The van der Waals surface area contributed by atoms with Crippen molar-refractivity contribution in [2.45, 2.75) is 51.0 Å². The molecule has 0 radical (unpaired) electrons. The van der Waals surface area contributed by atoms with Gasteiger partial charge in [-0.05, 0) is 61.1 Å². The number of rotatable bonds is 6. The first-order valence-electron chi connectivity index (χ1n) is 10.3. The van der Waals surface area contributed by atoms with Crippen molar-refractivity contribution in [3.63, 3.8) is 0 Å². The number of hydrogen-bond donors (Lipinski definition) is 1. The molecule has 0 aliphatic heterocycles. The minimum absolute atomic E-state index is 0.0860. The van der Waals surface area contributed by atoms with Crippen molar-refractivity contribution in [1.29, 1.82) is 0 Å². The first-order chi connectivity index (χ1) is 14.2. The van der Waals surface area contributed by atoms with Crippen LogP contribution in [0.25, 0.3) is 0 Å². The van der Waals surface area contributed by atoms with Crippen LogP contribution in [0, 0.1) is 0 Å². The number of amides is 1. The van der Waals surface area contributed by atoms with Crippen LogP contribution >= 0.6 is 0 Å². The molecule has 1 amide bonds. The molecule has 6 nitrogen and oxygen atoms in total. The fraction of sp³-hybridized carbons (Fsp3) is 0.391. The second-order valence-electron chi connectivity index (χ2n) is 7.73. The number of pyridine rings is 2. The largest absolute Gasteiger partial charge is 0.340 e. The Hall–Kier alpha value is -3.02. The van der Waals surface area contributed by atoms with Crippen LogP contribution in [0.2, 0.25) is 0 Å². The number of aromatic amines is 1. The van der Waals surface area contributed by atoms with Crippen molar-refractivity contribution in [2.24, 2.45) is 0 Å². The molecule has 0 bridgehead atoms. The van der Waals surface area contributed by atoms with Gasteiger partial charge in [0.05, 0.1) is 12.2 Å². The summed E-state index contributed by atoms with van der Waals surface area (Å²) in [7, 11) is 1.86. The summed E-state index contributed by atoms with van der Waals surface area (Å²) in [6.07, 6.45) is 11.4. The highest BCUT2D eigenvalue weighted by Gasteiger charge is 2.23. The SMILES string of the molecule is CN(Cc1n[nH]c2c1CCCCC2)C(=O)CC(c1ccncc1)c1ccccn1. The zero-order valence-corrected chi connectivity index (χ0v) is 16.8. The van der Waals surface area contributed by atoms with E-state index in [1.165, 1.54) is 30.5 Å². The molecule has 1 N–H and O–H groups in total. The maximum atomic E-state index is 13.1. The van der Waals surface area contributed by atoms with Gasteiger partial charge in [-0.3, -0.25) is 19.9 Å². The van der Waals surface area contributed by atoms with Gasteiger partial charge in [-0.25, -0.2) is 0 Å². The first-order valence-corrected chi connectivity index (χ1v) is 10.3. The number of nitrogens with zero attached hydrogens (tertiary/aromatic N) is 4. The minimum Gasteiger partial charge on any atom is -0.340 e. The number of hydrogen-bond acceptors (Lipinski definition) is 4. The van der Waals surface area contributed by atoms with Crippen molar-refractivity contribution in [2.75, 3.05) is 7.05 Å². The van der Waals surface area contributed by atoms with Crippen LogP contribution in [0.15, 0.2) is 48.9 Å². The lowest BCUT2D eigenvalue weighted by molar-refractivity contribution is -0.130. The highest BCUT2D eigenvalue weighted by Crippen LogP contribution is 2.27. The maximum absolute atomic E-state index is 13.1. The molecule has 0 spiro atoms. The molecule has 3 aromatic heterocycles. The van der Waals surface area contributed by atoms with Crippen molar-refractivity contribution in [3.8, 4) is 0 Å². The number of nitrogens with one attached hydrogen (secondary N) is 1. The van der Waals surface area contributed by atoms with Crippen molar-refractivity contribution in [3.05, 3.63) is 77.1 Å². The van der Waals surface area contributed by atoms with Crippen molar-refractivity contribution in [1.82, 2.24) is 25.1 Å². The number of H-pyrrole nitrogens is 1. The van der Waals surface area contributed by atoms with E-state index in [1.807, 2.05) is 37.4 Å². The molecule has 150 valence electrons. The summed E-state index contributed by atoms with van der Waals surface area (Å²) < 4.78 is 0. The molecule has 1 unspecified atom stereocenters. The van der Waals surface area contributed by atoms with E-state index in [4.69, 9.17) is 0 Å². The number of carbonyl (C=O) groups excluding carboxylic acids is 1. The Morgan fingerprint density at radius 3 is 2.72 bits per heavy atom. The topological polar surface area (TPSA) is 74.8 Å². The van der Waals surface area contributed by atoms with Crippen LogP contribution in [0.5, 0.6) is 0 Å². The summed E-state index contributed by atoms with van der Waals surface area (Å²) in [5, 5.41) is 7.72. The molecule has 0 saturated carbocycles. The fourth-order valence-corrected chi connectivity index (χ4v) is 4.07. The van der Waals surface area contributed by atoms with Crippen LogP contribution < -0.4 is 0 Å². The van der Waals surface area contributed by atoms with E-state index in [0.717, 1.165) is 29.8 Å². The lowest BCUT2D eigenvalue weighted by atomic mass is 9.92. The fourth-order valence-electron chi connectivity index (χ4n) is 4.07. The molecule has 3 heterocycles. The van der Waals surface area contributed by atoms with Crippen LogP contribution in [0.3, 0.4) is 0 Å². The molecule has 0 aromatic carbocycles. The Bertz CT molecular complexity index is 899. The monoisotopic (exact) mass is 389 g/mol. The van der Waals surface area contributed by atoms with E-state index < -0.39 is 0 Å². The molecule has 0 saturated heterocycles. The van der Waals surface area contributed by atoms with Crippen molar-refractivity contribution < 1.29 is 4.79 Å². The summed E-state index contributed by atoms with van der Waals surface area (Å²) in [5.41, 5.74) is 5.53. The molecular formula is C23H27N5O. The molecule has 29 heavy (non-hydrogen) atoms. The molecular weight excluding hydrogens is 362 g/mol. The normalized spacial score (nSPS) is 14.7. The van der Waals surface area contributed by atoms with Gasteiger partial charge < -0.3 is 4.90 Å². The summed E-state index contributed by atoms with van der Waals surface area (Å²) in [6.45, 7) is 0.538. The molecule has 1 aliphatic rings. The molecule has 4 rings (SSSR count). The summed E-state index contributed by atoms with van der Waals surface area (Å²) in [4.78, 5) is 23.5. The van der Waals surface area contributed by atoms with Gasteiger partial charge in [0.25, 0.3) is 0 Å². The van der Waals surface area contributed by atoms with E-state index in [1.54, 1.807) is 23.5 Å². The third-order valence-corrected chi connectivity index (χ3v) is 5.74. The third kappa shape index (κ3) is 4.53. The van der Waals surface area contributed by atoms with Gasteiger partial charge >= 0.3 is 0 Å². The predicted molar refractivity (Wildman–Crippen MR) is 111 cm³/mol. The molecule has 1 aliphatic carbocycles. The lowest BCUT2D eigenvalue weighted by Crippen LogP contribution is -2.28. The van der Waals surface area contributed by atoms with Crippen LogP contribution in [0.4, 0.5) is 0 Å². The van der Waals surface area contributed by atoms with E-state index in [2.05, 4.69) is 20.2 Å². The minimum atomic E-state index is -0.0922. The van der Waals surface area contributed by atoms with E-state index in [0.29, 0.717) is 13.0 Å². The predicted octanol–water partition coefficient (Wildman–Crippen LogP) is 3.65. The number of aryl methyl sites for hydroxylation is 1. The van der Waals surface area contributed by atoms with E-state index >= 15 is 0 Å². The Kier molecular flexibility index (Phi) is 5.98. The van der Waals surface area contributed by atoms with Gasteiger partial charge in [-0.2, -0.15) is 5.10 Å². The Morgan fingerprint density at radius 2 is 1.93 bits per heavy atom. The Balaban J connectivity index is 1.50. The first kappa shape index (κ1) is 19.3. The smallest absolute Gasteiger partial charge is 0.223 e. The van der Waals surface area contributed by atoms with Gasteiger partial charge in [0.15, 0.2) is 0 Å². The van der Waals surface area contributed by atoms with Gasteiger partial charge in [-0.15, -0.1) is 0 Å². The average molecular weight is 390 g/mol. The summed E-state index contributed by atoms with van der Waals surface area (Å²) in [5.74, 6) is -0.00622.